The van der Waals surface area contributed by atoms with Gasteiger partial charge in [-0.05, 0) is 30.0 Å². The van der Waals surface area contributed by atoms with Crippen LogP contribution in [0.2, 0.25) is 0 Å². The van der Waals surface area contributed by atoms with Crippen molar-refractivity contribution in [1.29, 1.82) is 0 Å². The van der Waals surface area contributed by atoms with Gasteiger partial charge in [0.2, 0.25) is 0 Å². The second-order valence-electron chi connectivity index (χ2n) is 7.27. The molecule has 2 aromatic heterocycles. The summed E-state index contributed by atoms with van der Waals surface area (Å²) in [6.45, 7) is 0. The molecule has 0 unspecified atom stereocenters. The van der Waals surface area contributed by atoms with Crippen molar-refractivity contribution < 1.29 is 9.50 Å². The summed E-state index contributed by atoms with van der Waals surface area (Å²) in [6, 6.07) is 4.93. The van der Waals surface area contributed by atoms with Crippen LogP contribution in [0, 0.1) is 0 Å². The van der Waals surface area contributed by atoms with Gasteiger partial charge in [0.1, 0.15) is 11.9 Å². The molecule has 0 amide bonds. The third-order valence-corrected chi connectivity index (χ3v) is 5.57. The molecule has 0 radical (unpaired) electrons. The van der Waals surface area contributed by atoms with Gasteiger partial charge in [-0.2, -0.15) is 0 Å². The lowest BCUT2D eigenvalue weighted by atomic mass is 9.96. The number of hydrogen-bond acceptors (Lipinski definition) is 7. The Kier molecular flexibility index (Phi) is 3.94. The zero-order valence-corrected chi connectivity index (χ0v) is 15.2. The van der Waals surface area contributed by atoms with Crippen LogP contribution in [0.3, 0.4) is 0 Å². The molecule has 1 aromatic carbocycles. The number of aromatic hydroxyl groups is 1. The molecule has 4 heterocycles. The van der Waals surface area contributed by atoms with E-state index in [-0.39, 0.29) is 23.9 Å². The van der Waals surface area contributed by atoms with Crippen molar-refractivity contribution in [3.8, 4) is 17.1 Å². The number of piperidine rings is 1. The van der Waals surface area contributed by atoms with Gasteiger partial charge in [0, 0.05) is 30.9 Å². The summed E-state index contributed by atoms with van der Waals surface area (Å²) in [7, 11) is 1.81. The number of pyridine rings is 1. The molecule has 1 fully saturated rings. The standard InChI is InChI=1S/C20H19FN6O/c1-27(16-8-13-2-3-15(24-13)19(16)21)18-10-23-20(26-25-18)14-6-11-4-5-22-9-12(11)7-17(14)28/h2-7,9-10,13,15-16,19,24,28H,8H2,1H3/t13-,15+,16-,19-/m0/s1. The molecule has 2 aliphatic rings. The number of fused-ring (bicyclic) bond motifs is 3. The van der Waals surface area contributed by atoms with Crippen molar-refractivity contribution in [2.75, 3.05) is 11.9 Å². The minimum absolute atomic E-state index is 0.0632. The highest BCUT2D eigenvalue weighted by Gasteiger charge is 2.41. The van der Waals surface area contributed by atoms with Crippen LogP contribution >= 0.6 is 0 Å². The summed E-state index contributed by atoms with van der Waals surface area (Å²) < 4.78 is 14.8. The first-order valence-electron chi connectivity index (χ1n) is 9.18. The highest BCUT2D eigenvalue weighted by molar-refractivity contribution is 5.88. The minimum atomic E-state index is -1.03. The fourth-order valence-corrected chi connectivity index (χ4v) is 3.99. The SMILES string of the molecule is CN(c1cnc(-c2cc3ccncc3cc2O)nn1)[C@H]1C[C@@H]2C=C[C@@H](N2)[C@@H]1F. The van der Waals surface area contributed by atoms with Gasteiger partial charge in [-0.1, -0.05) is 12.2 Å². The van der Waals surface area contributed by atoms with Gasteiger partial charge in [-0.15, -0.1) is 10.2 Å². The molecular formula is C20H19FN6O. The Hall–Kier alpha value is -3.13. The Morgan fingerprint density at radius 3 is 2.89 bits per heavy atom. The normalized spacial score (nSPS) is 25.9. The van der Waals surface area contributed by atoms with E-state index in [2.05, 4.69) is 25.5 Å². The Morgan fingerprint density at radius 2 is 2.07 bits per heavy atom. The number of phenolic OH excluding ortho intramolecular Hbond substituents is 1. The zero-order chi connectivity index (χ0) is 19.3. The Balaban J connectivity index is 1.42. The van der Waals surface area contributed by atoms with Crippen molar-refractivity contribution in [3.05, 3.63) is 48.9 Å². The van der Waals surface area contributed by atoms with Crippen LogP contribution in [0.15, 0.2) is 48.9 Å². The summed E-state index contributed by atoms with van der Waals surface area (Å²) >= 11 is 0. The molecule has 1 saturated heterocycles. The van der Waals surface area contributed by atoms with E-state index >= 15 is 0 Å². The first-order valence-corrected chi connectivity index (χ1v) is 9.18. The van der Waals surface area contributed by atoms with Gasteiger partial charge in [0.25, 0.3) is 0 Å². The quantitative estimate of drug-likeness (QED) is 0.676. The number of nitrogens with zero attached hydrogens (tertiary/aromatic N) is 5. The topological polar surface area (TPSA) is 87.1 Å². The number of anilines is 1. The molecule has 7 nitrogen and oxygen atoms in total. The largest absolute Gasteiger partial charge is 0.507 e. The smallest absolute Gasteiger partial charge is 0.185 e. The maximum atomic E-state index is 14.8. The summed E-state index contributed by atoms with van der Waals surface area (Å²) in [5.74, 6) is 0.882. The van der Waals surface area contributed by atoms with Crippen molar-refractivity contribution in [2.45, 2.75) is 30.7 Å². The third kappa shape index (κ3) is 2.77. The van der Waals surface area contributed by atoms with E-state index in [1.165, 1.54) is 0 Å². The van der Waals surface area contributed by atoms with Crippen LogP contribution < -0.4 is 10.2 Å². The molecule has 3 aromatic rings. The number of alkyl halides is 1. The molecule has 0 saturated carbocycles. The van der Waals surface area contributed by atoms with Crippen LogP contribution in [-0.4, -0.2) is 56.6 Å². The second kappa shape index (κ2) is 6.49. The Labute approximate surface area is 161 Å². The van der Waals surface area contributed by atoms with E-state index in [0.717, 1.165) is 10.8 Å². The van der Waals surface area contributed by atoms with E-state index in [1.807, 2.05) is 25.3 Å². The predicted octanol–water partition coefficient (Wildman–Crippen LogP) is 2.24. The summed E-state index contributed by atoms with van der Waals surface area (Å²) in [6.07, 6.45) is 8.50. The molecule has 2 bridgehead atoms. The zero-order valence-electron chi connectivity index (χ0n) is 15.2. The number of hydrogen-bond donors (Lipinski definition) is 2. The fraction of sp³-hybridized carbons (Fsp3) is 0.300. The Bertz CT molecular complexity index is 1060. The third-order valence-electron chi connectivity index (χ3n) is 5.57. The van der Waals surface area contributed by atoms with Gasteiger partial charge in [0.05, 0.1) is 23.8 Å². The average molecular weight is 378 g/mol. The molecule has 8 heteroatoms. The maximum absolute atomic E-state index is 14.8. The highest BCUT2D eigenvalue weighted by Crippen LogP contribution is 2.32. The molecule has 28 heavy (non-hydrogen) atoms. The van der Waals surface area contributed by atoms with Crippen LogP contribution in [0.25, 0.3) is 22.2 Å². The maximum Gasteiger partial charge on any atom is 0.185 e. The number of phenols is 1. The van der Waals surface area contributed by atoms with Crippen molar-refractivity contribution in [3.63, 3.8) is 0 Å². The van der Waals surface area contributed by atoms with Gasteiger partial charge in [0.15, 0.2) is 11.6 Å². The van der Waals surface area contributed by atoms with Crippen molar-refractivity contribution in [1.82, 2.24) is 25.5 Å². The molecule has 2 aliphatic heterocycles. The van der Waals surface area contributed by atoms with Gasteiger partial charge >= 0.3 is 0 Å². The highest BCUT2D eigenvalue weighted by atomic mass is 19.1. The molecule has 0 aliphatic carbocycles. The number of aromatic nitrogens is 4. The fourth-order valence-electron chi connectivity index (χ4n) is 3.99. The van der Waals surface area contributed by atoms with Crippen molar-refractivity contribution in [2.24, 2.45) is 0 Å². The first-order chi connectivity index (χ1) is 13.6. The van der Waals surface area contributed by atoms with E-state index in [0.29, 0.717) is 23.6 Å². The Morgan fingerprint density at radius 1 is 1.18 bits per heavy atom. The van der Waals surface area contributed by atoms with E-state index in [9.17, 15) is 9.50 Å². The van der Waals surface area contributed by atoms with Crippen LogP contribution in [0.4, 0.5) is 10.2 Å². The lowest BCUT2D eigenvalue weighted by Gasteiger charge is -2.38. The van der Waals surface area contributed by atoms with Gasteiger partial charge < -0.3 is 15.3 Å². The molecular weight excluding hydrogens is 359 g/mol. The van der Waals surface area contributed by atoms with E-state index in [4.69, 9.17) is 0 Å². The molecule has 5 rings (SSSR count). The van der Waals surface area contributed by atoms with Crippen LogP contribution in [-0.2, 0) is 0 Å². The average Bonchev–Trinajstić information content (AvgIpc) is 3.13. The summed E-state index contributed by atoms with van der Waals surface area (Å²) in [5, 5.41) is 23.7. The predicted molar refractivity (Wildman–Crippen MR) is 104 cm³/mol. The molecule has 0 spiro atoms. The lowest BCUT2D eigenvalue weighted by molar-refractivity contribution is 0.187. The molecule has 142 valence electrons. The monoisotopic (exact) mass is 378 g/mol. The van der Waals surface area contributed by atoms with Gasteiger partial charge in [-0.3, -0.25) is 4.98 Å². The van der Waals surface area contributed by atoms with E-state index in [1.54, 1.807) is 35.6 Å². The summed E-state index contributed by atoms with van der Waals surface area (Å²) in [5.41, 5.74) is 0.493. The van der Waals surface area contributed by atoms with Crippen molar-refractivity contribution >= 4 is 16.6 Å². The second-order valence-corrected chi connectivity index (χ2v) is 7.27. The number of nitrogens with one attached hydrogen (secondary N) is 1. The number of benzene rings is 1. The number of halogens is 1. The summed E-state index contributed by atoms with van der Waals surface area (Å²) in [4.78, 5) is 10.2. The van der Waals surface area contributed by atoms with E-state index < -0.39 is 6.17 Å². The van der Waals surface area contributed by atoms with Gasteiger partial charge in [-0.25, -0.2) is 9.37 Å². The first kappa shape index (κ1) is 17.0. The molecule has 2 N–H and O–H groups in total. The van der Waals surface area contributed by atoms with Crippen LogP contribution in [0.5, 0.6) is 5.75 Å². The minimum Gasteiger partial charge on any atom is -0.507 e. The lowest BCUT2D eigenvalue weighted by Crippen LogP contribution is -2.56. The molecule has 4 atom stereocenters. The number of rotatable bonds is 3. The van der Waals surface area contributed by atoms with Crippen LogP contribution in [0.1, 0.15) is 6.42 Å².